The Morgan fingerprint density at radius 2 is 2.22 bits per heavy atom. The molecule has 2 aliphatic rings. The van der Waals surface area contributed by atoms with Gasteiger partial charge in [-0.05, 0) is 44.3 Å². The fraction of sp³-hybridized carbons (Fsp3) is 0.389. The summed E-state index contributed by atoms with van der Waals surface area (Å²) in [6, 6.07) is 0. The Labute approximate surface area is 135 Å². The van der Waals surface area contributed by atoms with Gasteiger partial charge in [0.15, 0.2) is 5.76 Å². The molecule has 2 rings (SSSR count). The molecule has 0 heterocycles. The number of methoxy groups -OCH3 is 1. The standard InChI is InChI=1S/C18H20O5/c1-12(11-19)4-3-5-13-6-8-18(17(22)23-2)9-7-15(20)16(21)14(18)10-13/h4,6-7,9,11,21H,3,5,8,10H2,1-2H3/b12-4+. The van der Waals surface area contributed by atoms with Gasteiger partial charge in [-0.1, -0.05) is 23.8 Å². The van der Waals surface area contributed by atoms with Gasteiger partial charge in [-0.3, -0.25) is 14.4 Å². The summed E-state index contributed by atoms with van der Waals surface area (Å²) in [7, 11) is 1.29. The Bertz CT molecular complexity index is 663. The van der Waals surface area contributed by atoms with Crippen molar-refractivity contribution < 1.29 is 24.2 Å². The topological polar surface area (TPSA) is 80.7 Å². The first-order valence-electron chi connectivity index (χ1n) is 7.49. The number of esters is 1. The van der Waals surface area contributed by atoms with Gasteiger partial charge in [-0.15, -0.1) is 0 Å². The number of hydrogen-bond acceptors (Lipinski definition) is 5. The Balaban J connectivity index is 2.27. The van der Waals surface area contributed by atoms with Crippen molar-refractivity contribution >= 4 is 18.0 Å². The monoisotopic (exact) mass is 316 g/mol. The molecule has 0 aromatic rings. The van der Waals surface area contributed by atoms with Gasteiger partial charge in [0.25, 0.3) is 0 Å². The molecule has 0 bridgehead atoms. The van der Waals surface area contributed by atoms with Crippen LogP contribution in [0.1, 0.15) is 32.6 Å². The zero-order valence-corrected chi connectivity index (χ0v) is 13.3. The minimum absolute atomic E-state index is 0.352. The molecular formula is C18H20O5. The molecule has 1 N–H and O–H groups in total. The van der Waals surface area contributed by atoms with E-state index in [4.69, 9.17) is 4.74 Å². The predicted molar refractivity (Wildman–Crippen MR) is 84.6 cm³/mol. The lowest BCUT2D eigenvalue weighted by Crippen LogP contribution is -2.38. The predicted octanol–water partition coefficient (Wildman–Crippen LogP) is 2.74. The van der Waals surface area contributed by atoms with Crippen molar-refractivity contribution in [3.8, 4) is 0 Å². The third kappa shape index (κ3) is 3.18. The summed E-state index contributed by atoms with van der Waals surface area (Å²) in [5, 5.41) is 10.1. The molecule has 122 valence electrons. The number of carbonyl (C=O) groups is 3. The van der Waals surface area contributed by atoms with E-state index in [1.54, 1.807) is 6.92 Å². The smallest absolute Gasteiger partial charge is 0.320 e. The van der Waals surface area contributed by atoms with E-state index in [2.05, 4.69) is 0 Å². The summed E-state index contributed by atoms with van der Waals surface area (Å²) < 4.78 is 4.87. The van der Waals surface area contributed by atoms with E-state index in [0.29, 0.717) is 36.8 Å². The molecule has 0 spiro atoms. The highest BCUT2D eigenvalue weighted by Gasteiger charge is 2.46. The number of ketones is 1. The van der Waals surface area contributed by atoms with Gasteiger partial charge in [0.05, 0.1) is 7.11 Å². The van der Waals surface area contributed by atoms with E-state index >= 15 is 0 Å². The fourth-order valence-corrected chi connectivity index (χ4v) is 2.98. The van der Waals surface area contributed by atoms with Crippen molar-refractivity contribution in [1.82, 2.24) is 0 Å². The highest BCUT2D eigenvalue weighted by molar-refractivity contribution is 6.06. The number of aliphatic hydroxyl groups excluding tert-OH is 1. The zero-order valence-electron chi connectivity index (χ0n) is 13.3. The Morgan fingerprint density at radius 1 is 1.48 bits per heavy atom. The maximum absolute atomic E-state index is 12.2. The molecule has 5 heteroatoms. The van der Waals surface area contributed by atoms with Crippen LogP contribution in [0, 0.1) is 5.41 Å². The molecule has 0 saturated heterocycles. The zero-order chi connectivity index (χ0) is 17.0. The van der Waals surface area contributed by atoms with Crippen molar-refractivity contribution in [2.75, 3.05) is 7.11 Å². The Morgan fingerprint density at radius 3 is 2.87 bits per heavy atom. The maximum Gasteiger partial charge on any atom is 0.320 e. The number of ether oxygens (including phenoxy) is 1. The van der Waals surface area contributed by atoms with Crippen LogP contribution < -0.4 is 0 Å². The highest BCUT2D eigenvalue weighted by atomic mass is 16.5. The SMILES string of the molecule is COC(=O)C12C=CC(=O)C(O)=C1CC(CC/C=C(\C)C=O)=CC2. The van der Waals surface area contributed by atoms with Gasteiger partial charge in [-0.25, -0.2) is 0 Å². The van der Waals surface area contributed by atoms with Crippen molar-refractivity contribution in [3.05, 3.63) is 46.8 Å². The second kappa shape index (κ2) is 6.77. The molecule has 23 heavy (non-hydrogen) atoms. The molecule has 5 nitrogen and oxygen atoms in total. The summed E-state index contributed by atoms with van der Waals surface area (Å²) in [5.74, 6) is -1.32. The van der Waals surface area contributed by atoms with Crippen molar-refractivity contribution in [2.45, 2.75) is 32.6 Å². The second-order valence-electron chi connectivity index (χ2n) is 5.84. The minimum atomic E-state index is -1.08. The van der Waals surface area contributed by atoms with Crippen LogP contribution in [0.15, 0.2) is 46.8 Å². The first kappa shape index (κ1) is 16.9. The Hall–Kier alpha value is -2.43. The molecule has 2 aliphatic carbocycles. The van der Waals surface area contributed by atoms with E-state index < -0.39 is 17.2 Å². The second-order valence-corrected chi connectivity index (χ2v) is 5.84. The average Bonchev–Trinajstić information content (AvgIpc) is 2.57. The normalized spacial score (nSPS) is 24.2. The summed E-state index contributed by atoms with van der Waals surface area (Å²) in [4.78, 5) is 34.5. The van der Waals surface area contributed by atoms with Gasteiger partial charge in [-0.2, -0.15) is 0 Å². The van der Waals surface area contributed by atoms with Crippen LogP contribution in [0.5, 0.6) is 0 Å². The van der Waals surface area contributed by atoms with E-state index in [0.717, 1.165) is 11.9 Å². The first-order valence-corrected chi connectivity index (χ1v) is 7.49. The lowest BCUT2D eigenvalue weighted by atomic mass is 9.67. The number of hydrogen-bond donors (Lipinski definition) is 1. The van der Waals surface area contributed by atoms with Crippen LogP contribution in [0.2, 0.25) is 0 Å². The largest absolute Gasteiger partial charge is 0.504 e. The number of allylic oxidation sites excluding steroid dienone is 5. The van der Waals surface area contributed by atoms with Crippen LogP contribution >= 0.6 is 0 Å². The minimum Gasteiger partial charge on any atom is -0.504 e. The summed E-state index contributed by atoms with van der Waals surface area (Å²) >= 11 is 0. The number of rotatable bonds is 5. The van der Waals surface area contributed by atoms with Crippen LogP contribution in [0.3, 0.4) is 0 Å². The third-order valence-corrected chi connectivity index (χ3v) is 4.36. The summed E-state index contributed by atoms with van der Waals surface area (Å²) in [6.07, 6.45) is 9.46. The van der Waals surface area contributed by atoms with Crippen molar-refractivity contribution in [2.24, 2.45) is 5.41 Å². The van der Waals surface area contributed by atoms with Crippen LogP contribution in [-0.4, -0.2) is 30.3 Å². The van der Waals surface area contributed by atoms with Gasteiger partial charge >= 0.3 is 5.97 Å². The number of carbonyl (C=O) groups excluding carboxylic acids is 3. The summed E-state index contributed by atoms with van der Waals surface area (Å²) in [6.45, 7) is 1.74. The lowest BCUT2D eigenvalue weighted by molar-refractivity contribution is -0.148. The van der Waals surface area contributed by atoms with Crippen LogP contribution in [-0.2, 0) is 19.1 Å². The van der Waals surface area contributed by atoms with E-state index in [-0.39, 0.29) is 5.76 Å². The number of aldehydes is 1. The molecular weight excluding hydrogens is 296 g/mol. The quantitative estimate of drug-likeness (QED) is 0.365. The molecule has 1 unspecified atom stereocenters. The van der Waals surface area contributed by atoms with Gasteiger partial charge in [0.1, 0.15) is 11.7 Å². The molecule has 1 atom stereocenters. The van der Waals surface area contributed by atoms with Gasteiger partial charge in [0.2, 0.25) is 5.78 Å². The molecule has 0 fully saturated rings. The summed E-state index contributed by atoms with van der Waals surface area (Å²) in [5.41, 5.74) is 1.03. The third-order valence-electron chi connectivity index (χ3n) is 4.36. The molecule has 0 aromatic heterocycles. The molecule has 0 radical (unpaired) electrons. The van der Waals surface area contributed by atoms with Crippen LogP contribution in [0.25, 0.3) is 0 Å². The fourth-order valence-electron chi connectivity index (χ4n) is 2.98. The number of aliphatic hydroxyl groups is 1. The molecule has 0 saturated carbocycles. The van der Waals surface area contributed by atoms with Crippen molar-refractivity contribution in [1.29, 1.82) is 0 Å². The highest BCUT2D eigenvalue weighted by Crippen LogP contribution is 2.46. The average molecular weight is 316 g/mol. The van der Waals surface area contributed by atoms with Crippen LogP contribution in [0.4, 0.5) is 0 Å². The Kier molecular flexibility index (Phi) is 4.98. The van der Waals surface area contributed by atoms with Gasteiger partial charge < -0.3 is 9.84 Å². The lowest BCUT2D eigenvalue weighted by Gasteiger charge is -2.36. The molecule has 0 aliphatic heterocycles. The van der Waals surface area contributed by atoms with Gasteiger partial charge in [0, 0.05) is 5.57 Å². The van der Waals surface area contributed by atoms with E-state index in [9.17, 15) is 19.5 Å². The van der Waals surface area contributed by atoms with Crippen molar-refractivity contribution in [3.63, 3.8) is 0 Å². The molecule has 0 aromatic carbocycles. The molecule has 0 amide bonds. The maximum atomic E-state index is 12.2. The number of fused-ring (bicyclic) bond motifs is 1. The van der Waals surface area contributed by atoms with E-state index in [1.165, 1.54) is 19.3 Å². The van der Waals surface area contributed by atoms with E-state index in [1.807, 2.05) is 12.2 Å². The first-order chi connectivity index (χ1) is 10.9.